The number of rotatable bonds is 0. The molecule has 0 radical (unpaired) electrons. The van der Waals surface area contributed by atoms with Crippen LogP contribution in [0.15, 0.2) is 0 Å². The maximum absolute atomic E-state index is 12.0. The first-order valence-corrected chi connectivity index (χ1v) is 6.18. The van der Waals surface area contributed by atoms with Crippen LogP contribution in [0.4, 0.5) is 4.79 Å². The highest BCUT2D eigenvalue weighted by atomic mass is 16.2. The second kappa shape index (κ2) is 4.42. The molecule has 3 nitrogen and oxygen atoms in total. The minimum Gasteiger partial charge on any atom is -0.331 e. The van der Waals surface area contributed by atoms with E-state index in [4.69, 9.17) is 0 Å². The van der Waals surface area contributed by atoms with Gasteiger partial charge in [-0.3, -0.25) is 0 Å². The molecular formula is C12H22N2O. The van der Waals surface area contributed by atoms with E-state index in [1.54, 1.807) is 4.90 Å². The summed E-state index contributed by atoms with van der Waals surface area (Å²) in [5.41, 5.74) is 0. The topological polar surface area (TPSA) is 23.6 Å². The molecule has 0 spiro atoms. The molecule has 0 aromatic rings. The summed E-state index contributed by atoms with van der Waals surface area (Å²) in [6.45, 7) is 0.970. The lowest BCUT2D eigenvalue weighted by Gasteiger charge is -2.44. The molecule has 1 heterocycles. The number of hydrogen-bond donors (Lipinski definition) is 0. The zero-order chi connectivity index (χ0) is 10.8. The second-order valence-corrected chi connectivity index (χ2v) is 5.12. The Morgan fingerprint density at radius 3 is 2.53 bits per heavy atom. The Balaban J connectivity index is 2.06. The van der Waals surface area contributed by atoms with Crippen molar-refractivity contribution >= 4 is 6.03 Å². The van der Waals surface area contributed by atoms with Crippen molar-refractivity contribution in [2.45, 2.75) is 44.6 Å². The van der Waals surface area contributed by atoms with Gasteiger partial charge in [0.05, 0.1) is 0 Å². The van der Waals surface area contributed by atoms with Gasteiger partial charge in [0, 0.05) is 26.7 Å². The molecule has 1 aliphatic carbocycles. The Hall–Kier alpha value is -0.730. The molecule has 0 unspecified atom stereocenters. The van der Waals surface area contributed by atoms with Gasteiger partial charge in [0.15, 0.2) is 0 Å². The number of piperidine rings is 1. The van der Waals surface area contributed by atoms with Crippen LogP contribution in [0.3, 0.4) is 0 Å². The maximum atomic E-state index is 12.0. The largest absolute Gasteiger partial charge is 0.331 e. The number of likely N-dealkylation sites (tertiary alicyclic amines) is 1. The predicted molar refractivity (Wildman–Crippen MR) is 60.8 cm³/mol. The first-order valence-electron chi connectivity index (χ1n) is 6.18. The van der Waals surface area contributed by atoms with Crippen molar-refractivity contribution in [3.05, 3.63) is 0 Å². The van der Waals surface area contributed by atoms with Gasteiger partial charge >= 0.3 is 6.03 Å². The van der Waals surface area contributed by atoms with E-state index in [1.807, 2.05) is 14.1 Å². The van der Waals surface area contributed by atoms with Gasteiger partial charge in [-0.05, 0) is 31.6 Å². The molecule has 86 valence electrons. The number of fused-ring (bicyclic) bond motifs is 1. The van der Waals surface area contributed by atoms with Gasteiger partial charge in [0.1, 0.15) is 0 Å². The Bertz CT molecular complexity index is 238. The lowest BCUT2D eigenvalue weighted by molar-refractivity contribution is 0.0717. The van der Waals surface area contributed by atoms with Gasteiger partial charge in [-0.1, -0.05) is 12.8 Å². The third-order valence-corrected chi connectivity index (χ3v) is 3.87. The Morgan fingerprint density at radius 1 is 1.13 bits per heavy atom. The number of carbonyl (C=O) groups is 1. The normalized spacial score (nSPS) is 30.9. The average Bonchev–Trinajstić information content (AvgIpc) is 2.27. The van der Waals surface area contributed by atoms with E-state index in [1.165, 1.54) is 38.5 Å². The van der Waals surface area contributed by atoms with Crippen LogP contribution < -0.4 is 0 Å². The molecule has 0 N–H and O–H groups in total. The first-order chi connectivity index (χ1) is 7.20. The van der Waals surface area contributed by atoms with Crippen molar-refractivity contribution < 1.29 is 4.79 Å². The van der Waals surface area contributed by atoms with Crippen molar-refractivity contribution in [1.29, 1.82) is 0 Å². The van der Waals surface area contributed by atoms with Gasteiger partial charge in [-0.25, -0.2) is 4.79 Å². The minimum absolute atomic E-state index is 0.214. The van der Waals surface area contributed by atoms with E-state index < -0.39 is 0 Å². The second-order valence-electron chi connectivity index (χ2n) is 5.12. The molecule has 1 saturated carbocycles. The quantitative estimate of drug-likeness (QED) is 0.602. The number of amides is 2. The monoisotopic (exact) mass is 210 g/mol. The van der Waals surface area contributed by atoms with Gasteiger partial charge in [-0.15, -0.1) is 0 Å². The van der Waals surface area contributed by atoms with Gasteiger partial charge in [0.25, 0.3) is 0 Å². The molecule has 2 atom stereocenters. The van der Waals surface area contributed by atoms with E-state index in [0.717, 1.165) is 12.5 Å². The summed E-state index contributed by atoms with van der Waals surface area (Å²) in [6.07, 6.45) is 7.76. The molecule has 1 aliphatic heterocycles. The Morgan fingerprint density at radius 2 is 1.80 bits per heavy atom. The molecule has 2 fully saturated rings. The maximum Gasteiger partial charge on any atom is 0.319 e. The van der Waals surface area contributed by atoms with Crippen molar-refractivity contribution in [1.82, 2.24) is 9.80 Å². The number of nitrogens with zero attached hydrogens (tertiary/aromatic N) is 2. The average molecular weight is 210 g/mol. The number of urea groups is 1. The van der Waals surface area contributed by atoms with E-state index in [9.17, 15) is 4.79 Å². The van der Waals surface area contributed by atoms with E-state index in [0.29, 0.717) is 6.04 Å². The van der Waals surface area contributed by atoms with Gasteiger partial charge in [-0.2, -0.15) is 0 Å². The summed E-state index contributed by atoms with van der Waals surface area (Å²) in [5.74, 6) is 0.788. The summed E-state index contributed by atoms with van der Waals surface area (Å²) in [4.78, 5) is 15.8. The lowest BCUT2D eigenvalue weighted by Crippen LogP contribution is -2.52. The summed E-state index contributed by atoms with van der Waals surface area (Å²) in [5, 5.41) is 0. The van der Waals surface area contributed by atoms with Crippen LogP contribution in [0.2, 0.25) is 0 Å². The van der Waals surface area contributed by atoms with Crippen LogP contribution >= 0.6 is 0 Å². The Labute approximate surface area is 92.4 Å². The summed E-state index contributed by atoms with van der Waals surface area (Å²) < 4.78 is 0. The lowest BCUT2D eigenvalue weighted by atomic mass is 9.78. The van der Waals surface area contributed by atoms with Crippen molar-refractivity contribution in [3.63, 3.8) is 0 Å². The SMILES string of the molecule is CN(C)C(=O)N1CCC[C@H]2CCCC[C@H]21. The van der Waals surface area contributed by atoms with Gasteiger partial charge < -0.3 is 9.80 Å². The fourth-order valence-electron chi connectivity index (χ4n) is 3.12. The highest BCUT2D eigenvalue weighted by Crippen LogP contribution is 2.35. The number of carbonyl (C=O) groups excluding carboxylic acids is 1. The minimum atomic E-state index is 0.214. The molecule has 3 heteroatoms. The van der Waals surface area contributed by atoms with Crippen molar-refractivity contribution in [2.24, 2.45) is 5.92 Å². The van der Waals surface area contributed by atoms with Gasteiger partial charge in [0.2, 0.25) is 0 Å². The van der Waals surface area contributed by atoms with Crippen LogP contribution in [0.5, 0.6) is 0 Å². The highest BCUT2D eigenvalue weighted by Gasteiger charge is 2.35. The van der Waals surface area contributed by atoms with Crippen LogP contribution in [-0.2, 0) is 0 Å². The summed E-state index contributed by atoms with van der Waals surface area (Å²) >= 11 is 0. The van der Waals surface area contributed by atoms with Crippen LogP contribution in [0, 0.1) is 5.92 Å². The van der Waals surface area contributed by atoms with Crippen LogP contribution in [0.1, 0.15) is 38.5 Å². The molecule has 2 rings (SSSR count). The zero-order valence-electron chi connectivity index (χ0n) is 9.91. The zero-order valence-corrected chi connectivity index (χ0v) is 9.91. The molecule has 2 aliphatic rings. The van der Waals surface area contributed by atoms with E-state index in [2.05, 4.69) is 4.90 Å². The first kappa shape index (κ1) is 10.8. The molecule has 0 bridgehead atoms. The van der Waals surface area contributed by atoms with Crippen molar-refractivity contribution in [2.75, 3.05) is 20.6 Å². The highest BCUT2D eigenvalue weighted by molar-refractivity contribution is 5.74. The molecule has 15 heavy (non-hydrogen) atoms. The van der Waals surface area contributed by atoms with E-state index >= 15 is 0 Å². The fraction of sp³-hybridized carbons (Fsp3) is 0.917. The smallest absolute Gasteiger partial charge is 0.319 e. The fourth-order valence-corrected chi connectivity index (χ4v) is 3.12. The molecule has 1 saturated heterocycles. The van der Waals surface area contributed by atoms with E-state index in [-0.39, 0.29) is 6.03 Å². The van der Waals surface area contributed by atoms with Crippen molar-refractivity contribution in [3.8, 4) is 0 Å². The third-order valence-electron chi connectivity index (χ3n) is 3.87. The Kier molecular flexibility index (Phi) is 3.17. The standard InChI is InChI=1S/C12H22N2O/c1-13(2)12(15)14-9-5-7-10-6-3-4-8-11(10)14/h10-11H,3-9H2,1-2H3/t10-,11-/m1/s1. The molecule has 0 aromatic carbocycles. The predicted octanol–water partition coefficient (Wildman–Crippen LogP) is 2.32. The summed E-state index contributed by atoms with van der Waals surface area (Å²) in [6, 6.07) is 0.758. The molecular weight excluding hydrogens is 188 g/mol. The molecule has 0 aromatic heterocycles. The third kappa shape index (κ3) is 2.11. The summed E-state index contributed by atoms with van der Waals surface area (Å²) in [7, 11) is 3.71. The number of hydrogen-bond acceptors (Lipinski definition) is 1. The van der Waals surface area contributed by atoms with Crippen LogP contribution in [-0.4, -0.2) is 42.5 Å². The molecule has 2 amide bonds. The van der Waals surface area contributed by atoms with Crippen LogP contribution in [0.25, 0.3) is 0 Å².